The first kappa shape index (κ1) is 8.10. The van der Waals surface area contributed by atoms with E-state index in [0.717, 1.165) is 10.8 Å². The van der Waals surface area contributed by atoms with Gasteiger partial charge in [0.25, 0.3) is 6.43 Å². The molecule has 0 amide bonds. The molecule has 0 aliphatic rings. The van der Waals surface area contributed by atoms with E-state index in [2.05, 4.69) is 4.98 Å². The Morgan fingerprint density at radius 3 is 2.46 bits per heavy atom. The number of pyridine rings is 1. The molecular weight excluding hydrogens is 172 g/mol. The molecule has 0 spiro atoms. The molecule has 0 fully saturated rings. The van der Waals surface area contributed by atoms with Crippen LogP contribution in [0.4, 0.5) is 8.78 Å². The van der Waals surface area contributed by atoms with E-state index < -0.39 is 6.43 Å². The molecule has 0 aliphatic carbocycles. The summed E-state index contributed by atoms with van der Waals surface area (Å²) in [5, 5.41) is 1.68. The average Bonchev–Trinajstić information content (AvgIpc) is 2.17. The van der Waals surface area contributed by atoms with Crippen LogP contribution in [0.5, 0.6) is 0 Å². The Morgan fingerprint density at radius 2 is 1.77 bits per heavy atom. The summed E-state index contributed by atoms with van der Waals surface area (Å²) in [6, 6.07) is 8.73. The topological polar surface area (TPSA) is 12.9 Å². The lowest BCUT2D eigenvalue weighted by Gasteiger charge is -2.00. The summed E-state index contributed by atoms with van der Waals surface area (Å²) in [7, 11) is 0. The van der Waals surface area contributed by atoms with Crippen molar-refractivity contribution < 1.29 is 8.78 Å². The van der Waals surface area contributed by atoms with Gasteiger partial charge in [-0.3, -0.25) is 4.98 Å². The second-order valence-corrected chi connectivity index (χ2v) is 2.76. The Bertz CT molecular complexity index is 426. The van der Waals surface area contributed by atoms with Gasteiger partial charge in [0.2, 0.25) is 0 Å². The van der Waals surface area contributed by atoms with Crippen LogP contribution >= 0.6 is 0 Å². The van der Waals surface area contributed by atoms with Crippen LogP contribution in [0, 0.1) is 0 Å². The van der Waals surface area contributed by atoms with Gasteiger partial charge in [-0.25, -0.2) is 8.78 Å². The molecule has 0 atom stereocenters. The van der Waals surface area contributed by atoms with Crippen molar-refractivity contribution in [3.63, 3.8) is 0 Å². The highest BCUT2D eigenvalue weighted by Crippen LogP contribution is 2.20. The highest BCUT2D eigenvalue weighted by atomic mass is 19.3. The van der Waals surface area contributed by atoms with E-state index in [1.807, 2.05) is 18.2 Å². The third kappa shape index (κ3) is 1.49. The van der Waals surface area contributed by atoms with Crippen LogP contribution in [-0.2, 0) is 0 Å². The number of hydrogen-bond donors (Lipinski definition) is 0. The average molecular weight is 179 g/mol. The maximum Gasteiger partial charge on any atom is 0.280 e. The molecule has 1 aromatic carbocycles. The zero-order valence-electron chi connectivity index (χ0n) is 6.74. The smallest absolute Gasteiger partial charge is 0.255 e. The molecule has 1 aromatic heterocycles. The van der Waals surface area contributed by atoms with Crippen molar-refractivity contribution in [2.45, 2.75) is 6.43 Å². The van der Waals surface area contributed by atoms with Crippen LogP contribution in [0.3, 0.4) is 0 Å². The zero-order valence-corrected chi connectivity index (χ0v) is 6.74. The largest absolute Gasteiger partial charge is 0.280 e. The van der Waals surface area contributed by atoms with Crippen molar-refractivity contribution in [2.24, 2.45) is 0 Å². The summed E-state index contributed by atoms with van der Waals surface area (Å²) in [5.74, 6) is 0. The van der Waals surface area contributed by atoms with Crippen molar-refractivity contribution in [2.75, 3.05) is 0 Å². The van der Waals surface area contributed by atoms with Crippen molar-refractivity contribution >= 4 is 10.8 Å². The molecular formula is C10H7F2N. The number of fused-ring (bicyclic) bond motifs is 1. The molecule has 0 bridgehead atoms. The van der Waals surface area contributed by atoms with Crippen molar-refractivity contribution in [1.82, 2.24) is 4.98 Å². The molecule has 0 radical (unpaired) electrons. The molecule has 0 N–H and O–H groups in total. The number of alkyl halides is 2. The van der Waals surface area contributed by atoms with Crippen molar-refractivity contribution in [3.8, 4) is 0 Å². The standard InChI is InChI=1S/C10H7F2N/c11-10(12)9-5-7-3-1-2-4-8(7)6-13-9/h1-6,10H. The van der Waals surface area contributed by atoms with Crippen LogP contribution in [0.25, 0.3) is 10.8 Å². The van der Waals surface area contributed by atoms with Crippen LogP contribution < -0.4 is 0 Å². The van der Waals surface area contributed by atoms with Gasteiger partial charge in [-0.15, -0.1) is 0 Å². The molecule has 1 nitrogen and oxygen atoms in total. The summed E-state index contributed by atoms with van der Waals surface area (Å²) in [6.07, 6.45) is -1.03. The van der Waals surface area contributed by atoms with E-state index in [1.165, 1.54) is 12.3 Å². The van der Waals surface area contributed by atoms with Crippen LogP contribution in [0.2, 0.25) is 0 Å². The Balaban J connectivity index is 2.62. The van der Waals surface area contributed by atoms with Crippen molar-refractivity contribution in [1.29, 1.82) is 0 Å². The molecule has 0 saturated carbocycles. The van der Waals surface area contributed by atoms with Gasteiger partial charge in [0, 0.05) is 11.6 Å². The second-order valence-electron chi connectivity index (χ2n) is 2.76. The van der Waals surface area contributed by atoms with Gasteiger partial charge in [0.15, 0.2) is 0 Å². The number of benzene rings is 1. The fourth-order valence-corrected chi connectivity index (χ4v) is 1.22. The van der Waals surface area contributed by atoms with E-state index in [-0.39, 0.29) is 5.69 Å². The van der Waals surface area contributed by atoms with Gasteiger partial charge in [-0.1, -0.05) is 24.3 Å². The van der Waals surface area contributed by atoms with Gasteiger partial charge in [-0.2, -0.15) is 0 Å². The van der Waals surface area contributed by atoms with Crippen LogP contribution in [-0.4, -0.2) is 4.98 Å². The molecule has 2 aromatic rings. The number of nitrogens with zero attached hydrogens (tertiary/aromatic N) is 1. The summed E-state index contributed by atoms with van der Waals surface area (Å²) < 4.78 is 24.5. The minimum absolute atomic E-state index is 0.168. The highest BCUT2D eigenvalue weighted by Gasteiger charge is 2.08. The summed E-state index contributed by atoms with van der Waals surface area (Å²) in [5.41, 5.74) is -0.168. The molecule has 66 valence electrons. The lowest BCUT2D eigenvalue weighted by Crippen LogP contribution is -1.88. The number of halogens is 2. The third-order valence-corrected chi connectivity index (χ3v) is 1.88. The van der Waals surface area contributed by atoms with Crippen LogP contribution in [0.1, 0.15) is 12.1 Å². The maximum absolute atomic E-state index is 12.2. The molecule has 1 heterocycles. The minimum atomic E-state index is -2.50. The number of rotatable bonds is 1. The normalized spacial score (nSPS) is 11.0. The van der Waals surface area contributed by atoms with Crippen molar-refractivity contribution in [3.05, 3.63) is 42.2 Å². The maximum atomic E-state index is 12.2. The number of aromatic nitrogens is 1. The third-order valence-electron chi connectivity index (χ3n) is 1.88. The summed E-state index contributed by atoms with van der Waals surface area (Å²) >= 11 is 0. The molecule has 0 saturated heterocycles. The fraction of sp³-hybridized carbons (Fsp3) is 0.100. The van der Waals surface area contributed by atoms with Gasteiger partial charge in [0.1, 0.15) is 5.69 Å². The zero-order chi connectivity index (χ0) is 9.26. The molecule has 0 aliphatic heterocycles. The van der Waals surface area contributed by atoms with Gasteiger partial charge in [0.05, 0.1) is 0 Å². The van der Waals surface area contributed by atoms with E-state index >= 15 is 0 Å². The summed E-state index contributed by atoms with van der Waals surface area (Å²) in [6.45, 7) is 0. The summed E-state index contributed by atoms with van der Waals surface area (Å²) in [4.78, 5) is 3.66. The number of hydrogen-bond acceptors (Lipinski definition) is 1. The lowest BCUT2D eigenvalue weighted by atomic mass is 10.1. The minimum Gasteiger partial charge on any atom is -0.255 e. The first-order chi connectivity index (χ1) is 6.27. The van der Waals surface area contributed by atoms with E-state index in [4.69, 9.17) is 0 Å². The van der Waals surface area contributed by atoms with Gasteiger partial charge >= 0.3 is 0 Å². The van der Waals surface area contributed by atoms with E-state index in [0.29, 0.717) is 0 Å². The second kappa shape index (κ2) is 3.09. The Morgan fingerprint density at radius 1 is 1.08 bits per heavy atom. The van der Waals surface area contributed by atoms with E-state index in [1.54, 1.807) is 6.07 Å². The molecule has 0 unspecified atom stereocenters. The molecule has 3 heteroatoms. The quantitative estimate of drug-likeness (QED) is 0.655. The van der Waals surface area contributed by atoms with E-state index in [9.17, 15) is 8.78 Å². The predicted molar refractivity (Wildman–Crippen MR) is 46.7 cm³/mol. The highest BCUT2D eigenvalue weighted by molar-refractivity contribution is 5.81. The SMILES string of the molecule is FC(F)c1cc2ccccc2cn1. The lowest BCUT2D eigenvalue weighted by molar-refractivity contribution is 0.146. The first-order valence-electron chi connectivity index (χ1n) is 3.90. The first-order valence-corrected chi connectivity index (χ1v) is 3.90. The van der Waals surface area contributed by atoms with Crippen LogP contribution in [0.15, 0.2) is 36.5 Å². The van der Waals surface area contributed by atoms with Gasteiger partial charge < -0.3 is 0 Å². The molecule has 2 rings (SSSR count). The Hall–Kier alpha value is -1.51. The Labute approximate surface area is 74.0 Å². The van der Waals surface area contributed by atoms with Gasteiger partial charge in [-0.05, 0) is 11.5 Å². The Kier molecular flexibility index (Phi) is 1.93. The fourth-order valence-electron chi connectivity index (χ4n) is 1.22. The predicted octanol–water partition coefficient (Wildman–Crippen LogP) is 3.17. The molecule has 13 heavy (non-hydrogen) atoms. The monoisotopic (exact) mass is 179 g/mol.